The average Bonchev–Trinajstić information content (AvgIpc) is 1.98. The zero-order valence-corrected chi connectivity index (χ0v) is 12.5. The fourth-order valence-electron chi connectivity index (χ4n) is 0.511. The van der Waals surface area contributed by atoms with Crippen LogP contribution in [0.4, 0.5) is 0 Å². The summed E-state index contributed by atoms with van der Waals surface area (Å²) in [6.07, 6.45) is 4.64. The van der Waals surface area contributed by atoms with E-state index in [9.17, 15) is 0 Å². The third kappa shape index (κ3) is 13.2. The molecule has 0 spiro atoms. The predicted molar refractivity (Wildman–Crippen MR) is 75.5 cm³/mol. The first kappa shape index (κ1) is 14.2. The number of aliphatic imine (C=N–C) groups is 2. The van der Waals surface area contributed by atoms with Crippen LogP contribution in [0.3, 0.4) is 0 Å². The zero-order chi connectivity index (χ0) is 11.9. The van der Waals surface area contributed by atoms with Gasteiger partial charge in [-0.25, -0.2) is 0 Å². The van der Waals surface area contributed by atoms with Gasteiger partial charge in [0.2, 0.25) is 0 Å². The molecule has 0 radical (unpaired) electrons. The van der Waals surface area contributed by atoms with Crippen LogP contribution in [0.25, 0.3) is 4.98 Å². The molecule has 0 N–H and O–H groups in total. The highest BCUT2D eigenvalue weighted by atomic mass is 28.3. The Hall–Kier alpha value is -0.756. The van der Waals surface area contributed by atoms with E-state index in [0.717, 1.165) is 0 Å². The Morgan fingerprint density at radius 1 is 0.867 bits per heavy atom. The number of nitrogens with zero attached hydrogens (tertiary/aromatic N) is 4. The Labute approximate surface area is 94.8 Å². The molecule has 0 aromatic heterocycles. The van der Waals surface area contributed by atoms with Crippen LogP contribution in [-0.4, -0.2) is 35.5 Å². The van der Waals surface area contributed by atoms with Crippen molar-refractivity contribution >= 4 is 35.5 Å². The zero-order valence-electron chi connectivity index (χ0n) is 10.5. The second-order valence-corrected chi connectivity index (χ2v) is 14.4. The molecule has 0 unspecified atom stereocenters. The second-order valence-electron chi connectivity index (χ2n) is 5.24. The van der Waals surface area contributed by atoms with E-state index in [2.05, 4.69) is 58.9 Å². The minimum atomic E-state index is -1.37. The molecular formula is C9H21N4Si2-. The van der Waals surface area contributed by atoms with Gasteiger partial charge in [-0.05, 0) is 19.6 Å². The van der Waals surface area contributed by atoms with Gasteiger partial charge in [-0.1, -0.05) is 19.6 Å². The summed E-state index contributed by atoms with van der Waals surface area (Å²) in [5.41, 5.74) is 0. The highest BCUT2D eigenvalue weighted by Gasteiger charge is 2.08. The van der Waals surface area contributed by atoms with Gasteiger partial charge in [-0.2, -0.15) is 0 Å². The third-order valence-corrected chi connectivity index (χ3v) is 2.94. The molecule has 0 bridgehead atoms. The van der Waals surface area contributed by atoms with E-state index in [0.29, 0.717) is 0 Å². The van der Waals surface area contributed by atoms with Crippen molar-refractivity contribution in [3.63, 3.8) is 0 Å². The molecule has 0 saturated carbocycles. The monoisotopic (exact) mass is 241 g/mol. The Bertz CT molecular complexity index is 258. The van der Waals surface area contributed by atoms with Gasteiger partial charge >= 0.3 is 0 Å². The molecule has 0 amide bonds. The van der Waals surface area contributed by atoms with Gasteiger partial charge in [0.05, 0.1) is 6.34 Å². The second kappa shape index (κ2) is 5.97. The molecule has 4 nitrogen and oxygen atoms in total. The Morgan fingerprint density at radius 3 is 1.93 bits per heavy atom. The normalized spacial score (nSPS) is 14.5. The Morgan fingerprint density at radius 2 is 1.47 bits per heavy atom. The van der Waals surface area contributed by atoms with E-state index < -0.39 is 16.5 Å². The van der Waals surface area contributed by atoms with Gasteiger partial charge < -0.3 is 14.6 Å². The standard InChI is InChI=1S/C9H21N4Si2/c1-14(2,3)12-8-10-7-11-9-13-15(4,5)6/h7-9H,1-6H3/q-1. The smallest absolute Gasteiger partial charge is 0.174 e. The summed E-state index contributed by atoms with van der Waals surface area (Å²) in [6.45, 7) is 12.9. The van der Waals surface area contributed by atoms with E-state index in [1.54, 1.807) is 12.7 Å². The fourth-order valence-corrected chi connectivity index (χ4v) is 1.34. The maximum Gasteiger partial charge on any atom is 0.174 e. The predicted octanol–water partition coefficient (Wildman–Crippen LogP) is 3.11. The van der Waals surface area contributed by atoms with E-state index in [1.165, 1.54) is 6.34 Å². The van der Waals surface area contributed by atoms with Crippen molar-refractivity contribution in [1.29, 1.82) is 0 Å². The quantitative estimate of drug-likeness (QED) is 0.403. The van der Waals surface area contributed by atoms with Crippen molar-refractivity contribution in [1.82, 2.24) is 0 Å². The van der Waals surface area contributed by atoms with Crippen molar-refractivity contribution < 1.29 is 0 Å². The molecule has 0 aromatic rings. The van der Waals surface area contributed by atoms with Crippen LogP contribution in [0.5, 0.6) is 0 Å². The Balaban J connectivity index is 3.87. The van der Waals surface area contributed by atoms with Crippen LogP contribution >= 0.6 is 0 Å². The maximum absolute atomic E-state index is 4.32. The molecule has 0 aliphatic rings. The minimum Gasteiger partial charge on any atom is -0.478 e. The molecular weight excluding hydrogens is 220 g/mol. The van der Waals surface area contributed by atoms with Crippen molar-refractivity contribution in [2.45, 2.75) is 39.3 Å². The summed E-state index contributed by atoms with van der Waals surface area (Å²) in [5, 5.41) is 0. The molecule has 0 aliphatic carbocycles. The lowest BCUT2D eigenvalue weighted by atomic mass is 11.1. The number of hydrogen-bond donors (Lipinski definition) is 0. The molecule has 0 rings (SSSR count). The Kier molecular flexibility index (Phi) is 5.66. The van der Waals surface area contributed by atoms with E-state index in [1.807, 2.05) is 0 Å². The first-order valence-corrected chi connectivity index (χ1v) is 11.9. The molecule has 0 fully saturated rings. The molecule has 0 saturated heterocycles. The van der Waals surface area contributed by atoms with Crippen molar-refractivity contribution in [2.24, 2.45) is 14.6 Å². The third-order valence-electron chi connectivity index (χ3n) is 1.16. The molecule has 0 aromatic carbocycles. The molecule has 86 valence electrons. The lowest BCUT2D eigenvalue weighted by Crippen LogP contribution is -2.18. The topological polar surface area (TPSA) is 51.2 Å². The molecule has 15 heavy (non-hydrogen) atoms. The molecule has 0 atom stereocenters. The van der Waals surface area contributed by atoms with Crippen LogP contribution in [0.1, 0.15) is 0 Å². The maximum atomic E-state index is 4.32. The van der Waals surface area contributed by atoms with Crippen LogP contribution in [0.2, 0.25) is 39.3 Å². The molecule has 6 heteroatoms. The molecule has 0 heterocycles. The molecule has 0 aliphatic heterocycles. The van der Waals surface area contributed by atoms with E-state index in [-0.39, 0.29) is 0 Å². The van der Waals surface area contributed by atoms with Gasteiger partial charge in [-0.15, -0.1) is 6.34 Å². The van der Waals surface area contributed by atoms with Gasteiger partial charge in [0.1, 0.15) is 0 Å². The van der Waals surface area contributed by atoms with Crippen LogP contribution in [-0.2, 0) is 0 Å². The van der Waals surface area contributed by atoms with Gasteiger partial charge in [0.25, 0.3) is 0 Å². The van der Waals surface area contributed by atoms with E-state index in [4.69, 9.17) is 0 Å². The fraction of sp³-hybridized carbons (Fsp3) is 0.667. The van der Waals surface area contributed by atoms with Crippen molar-refractivity contribution in [3.8, 4) is 0 Å². The lowest BCUT2D eigenvalue weighted by molar-refractivity contribution is 1.54. The van der Waals surface area contributed by atoms with Gasteiger partial charge in [0.15, 0.2) is 8.24 Å². The summed E-state index contributed by atoms with van der Waals surface area (Å²) in [4.78, 5) is 12.2. The van der Waals surface area contributed by atoms with E-state index >= 15 is 0 Å². The lowest BCUT2D eigenvalue weighted by Gasteiger charge is -2.22. The van der Waals surface area contributed by atoms with Crippen molar-refractivity contribution in [2.75, 3.05) is 0 Å². The van der Waals surface area contributed by atoms with Crippen LogP contribution < -0.4 is 0 Å². The first-order valence-electron chi connectivity index (χ1n) is 5.00. The average molecular weight is 241 g/mol. The first-order chi connectivity index (χ1) is 6.71. The SMILES string of the molecule is C[Si](C)(C)/N=C/N=CN=C[N-][Si](C)(C)C. The number of hydrogen-bond acceptors (Lipinski definition) is 1. The van der Waals surface area contributed by atoms with Gasteiger partial charge in [-0.3, -0.25) is 4.99 Å². The largest absolute Gasteiger partial charge is 0.478 e. The summed E-state index contributed by atoms with van der Waals surface area (Å²) >= 11 is 0. The van der Waals surface area contributed by atoms with Crippen LogP contribution in [0.15, 0.2) is 14.6 Å². The van der Waals surface area contributed by atoms with Crippen LogP contribution in [0, 0.1) is 0 Å². The van der Waals surface area contributed by atoms with Gasteiger partial charge in [0, 0.05) is 14.6 Å². The number of rotatable bonds is 5. The highest BCUT2D eigenvalue weighted by molar-refractivity contribution is 6.83. The summed E-state index contributed by atoms with van der Waals surface area (Å²) in [6, 6.07) is 0. The summed E-state index contributed by atoms with van der Waals surface area (Å²) < 4.78 is 4.32. The highest BCUT2D eigenvalue weighted by Crippen LogP contribution is 2.06. The van der Waals surface area contributed by atoms with Crippen molar-refractivity contribution in [3.05, 3.63) is 4.98 Å². The summed E-state index contributed by atoms with van der Waals surface area (Å²) in [5.74, 6) is 0. The summed E-state index contributed by atoms with van der Waals surface area (Å²) in [7, 11) is -2.74. The minimum absolute atomic E-state index is 1.37.